The lowest BCUT2D eigenvalue weighted by Gasteiger charge is -2.34. The van der Waals surface area contributed by atoms with Crippen LogP contribution in [0.15, 0.2) is 12.2 Å². The molecule has 7 heteroatoms. The minimum atomic E-state index is -0.548. The Morgan fingerprint density at radius 3 is 2.44 bits per heavy atom. The van der Waals surface area contributed by atoms with Crippen LogP contribution in [0.2, 0.25) is 0 Å². The Hall–Kier alpha value is -1.89. The summed E-state index contributed by atoms with van der Waals surface area (Å²) >= 11 is 0. The van der Waals surface area contributed by atoms with Gasteiger partial charge < -0.3 is 20.6 Å². The number of aliphatic hydroxyl groups excluding tert-OH is 1. The molecule has 3 amide bonds. The minimum absolute atomic E-state index is 0.00621. The van der Waals surface area contributed by atoms with E-state index in [9.17, 15) is 14.4 Å². The molecule has 0 spiro atoms. The normalized spacial score (nSPS) is 30.3. The van der Waals surface area contributed by atoms with Gasteiger partial charge in [-0.1, -0.05) is 51.2 Å². The molecule has 1 saturated carbocycles. The molecule has 0 unspecified atom stereocenters. The minimum Gasteiger partial charge on any atom is -0.396 e. The average Bonchev–Trinajstić information content (AvgIpc) is 3.10. The van der Waals surface area contributed by atoms with Crippen molar-refractivity contribution in [2.24, 2.45) is 23.7 Å². The lowest BCUT2D eigenvalue weighted by atomic mass is 9.68. The summed E-state index contributed by atoms with van der Waals surface area (Å²) in [5.74, 6) is -1.41. The summed E-state index contributed by atoms with van der Waals surface area (Å²) in [6.07, 6.45) is 13.7. The lowest BCUT2D eigenvalue weighted by Crippen LogP contribution is -2.50. The van der Waals surface area contributed by atoms with E-state index in [0.717, 1.165) is 57.8 Å². The van der Waals surface area contributed by atoms with Crippen molar-refractivity contribution < 1.29 is 19.5 Å². The molecule has 0 radical (unpaired) electrons. The Kier molecular flexibility index (Phi) is 9.14. The van der Waals surface area contributed by atoms with E-state index in [4.69, 9.17) is 5.11 Å². The van der Waals surface area contributed by atoms with E-state index in [1.807, 2.05) is 13.0 Å². The van der Waals surface area contributed by atoms with Gasteiger partial charge in [0.15, 0.2) is 0 Å². The highest BCUT2D eigenvalue weighted by molar-refractivity contribution is 5.96. The average molecular weight is 448 g/mol. The molecule has 0 bridgehead atoms. The topological polar surface area (TPSA) is 98.7 Å². The third-order valence-corrected chi connectivity index (χ3v) is 7.66. The molecule has 0 aromatic carbocycles. The van der Waals surface area contributed by atoms with Crippen molar-refractivity contribution in [3.8, 4) is 0 Å². The Balaban J connectivity index is 1.82. The number of fused-ring (bicyclic) bond motifs is 1. The van der Waals surface area contributed by atoms with Crippen molar-refractivity contribution in [1.82, 2.24) is 15.5 Å². The zero-order valence-corrected chi connectivity index (χ0v) is 19.7. The van der Waals surface area contributed by atoms with E-state index < -0.39 is 17.9 Å². The highest BCUT2D eigenvalue weighted by Crippen LogP contribution is 2.45. The van der Waals surface area contributed by atoms with Crippen molar-refractivity contribution in [2.75, 3.05) is 20.2 Å². The molecule has 3 aliphatic rings. The second-order valence-electron chi connectivity index (χ2n) is 9.66. The summed E-state index contributed by atoms with van der Waals surface area (Å²) in [6.45, 7) is 2.73. The molecule has 180 valence electrons. The van der Waals surface area contributed by atoms with Gasteiger partial charge in [0.1, 0.15) is 6.04 Å². The fourth-order valence-corrected chi connectivity index (χ4v) is 5.93. The first-order chi connectivity index (χ1) is 15.5. The van der Waals surface area contributed by atoms with E-state index in [2.05, 4.69) is 16.7 Å². The van der Waals surface area contributed by atoms with Gasteiger partial charge in [-0.2, -0.15) is 0 Å². The first-order valence-electron chi connectivity index (χ1n) is 12.6. The number of amides is 3. The van der Waals surface area contributed by atoms with Gasteiger partial charge in [0, 0.05) is 32.2 Å². The SMILES string of the molecule is CC[C@@H]1C=C[C@H]2[C@H](C(=O)N(CCCCCCO)[C@@H]2C(=O)NC2CCCCC2)[C@@H]1C(=O)NC. The van der Waals surface area contributed by atoms with Crippen LogP contribution in [-0.2, 0) is 14.4 Å². The molecule has 32 heavy (non-hydrogen) atoms. The summed E-state index contributed by atoms with van der Waals surface area (Å²) < 4.78 is 0. The smallest absolute Gasteiger partial charge is 0.243 e. The molecule has 2 aliphatic carbocycles. The van der Waals surface area contributed by atoms with Crippen LogP contribution in [0.5, 0.6) is 0 Å². The second-order valence-corrected chi connectivity index (χ2v) is 9.66. The van der Waals surface area contributed by atoms with Gasteiger partial charge in [-0.25, -0.2) is 0 Å². The van der Waals surface area contributed by atoms with Gasteiger partial charge in [0.2, 0.25) is 17.7 Å². The van der Waals surface area contributed by atoms with E-state index in [1.165, 1.54) is 6.42 Å². The lowest BCUT2D eigenvalue weighted by molar-refractivity contribution is -0.141. The Morgan fingerprint density at radius 1 is 1.06 bits per heavy atom. The van der Waals surface area contributed by atoms with Crippen molar-refractivity contribution in [3.63, 3.8) is 0 Å². The third-order valence-electron chi connectivity index (χ3n) is 7.66. The molecular formula is C25H41N3O4. The monoisotopic (exact) mass is 447 g/mol. The van der Waals surface area contributed by atoms with Crippen LogP contribution in [0.3, 0.4) is 0 Å². The summed E-state index contributed by atoms with van der Waals surface area (Å²) in [5, 5.41) is 15.0. The molecule has 1 aliphatic heterocycles. The van der Waals surface area contributed by atoms with Crippen LogP contribution in [0.25, 0.3) is 0 Å². The van der Waals surface area contributed by atoms with Gasteiger partial charge in [-0.05, 0) is 38.0 Å². The van der Waals surface area contributed by atoms with E-state index in [1.54, 1.807) is 11.9 Å². The molecule has 2 fully saturated rings. The molecule has 5 atom stereocenters. The number of unbranched alkanes of at least 4 members (excludes halogenated alkanes) is 3. The number of allylic oxidation sites excluding steroid dienone is 1. The number of nitrogens with zero attached hydrogens (tertiary/aromatic N) is 1. The van der Waals surface area contributed by atoms with Gasteiger partial charge in [0.25, 0.3) is 0 Å². The maximum absolute atomic E-state index is 13.7. The molecule has 1 heterocycles. The van der Waals surface area contributed by atoms with Crippen molar-refractivity contribution >= 4 is 17.7 Å². The van der Waals surface area contributed by atoms with Crippen LogP contribution >= 0.6 is 0 Å². The molecule has 7 nitrogen and oxygen atoms in total. The number of nitrogens with one attached hydrogen (secondary N) is 2. The maximum atomic E-state index is 13.7. The predicted molar refractivity (Wildman–Crippen MR) is 124 cm³/mol. The molecule has 1 saturated heterocycles. The van der Waals surface area contributed by atoms with E-state index in [0.29, 0.717) is 6.54 Å². The van der Waals surface area contributed by atoms with Crippen LogP contribution in [0.1, 0.15) is 71.1 Å². The van der Waals surface area contributed by atoms with Gasteiger partial charge in [-0.15, -0.1) is 0 Å². The number of hydrogen-bond donors (Lipinski definition) is 3. The summed E-state index contributed by atoms with van der Waals surface area (Å²) in [6, 6.07) is -0.365. The number of aliphatic hydroxyl groups is 1. The zero-order chi connectivity index (χ0) is 23.1. The van der Waals surface area contributed by atoms with Crippen LogP contribution in [0.4, 0.5) is 0 Å². The number of likely N-dealkylation sites (tertiary alicyclic amines) is 1. The number of carbonyl (C=O) groups excluding carboxylic acids is 3. The summed E-state index contributed by atoms with van der Waals surface area (Å²) in [4.78, 5) is 41.7. The number of carbonyl (C=O) groups is 3. The first kappa shape index (κ1) is 24.7. The van der Waals surface area contributed by atoms with Crippen molar-refractivity contribution in [3.05, 3.63) is 12.2 Å². The molecular weight excluding hydrogens is 406 g/mol. The van der Waals surface area contributed by atoms with E-state index >= 15 is 0 Å². The van der Waals surface area contributed by atoms with Crippen LogP contribution < -0.4 is 10.6 Å². The molecule has 3 rings (SSSR count). The third kappa shape index (κ3) is 5.36. The largest absolute Gasteiger partial charge is 0.396 e. The van der Waals surface area contributed by atoms with Gasteiger partial charge >= 0.3 is 0 Å². The maximum Gasteiger partial charge on any atom is 0.243 e. The standard InChI is InChI=1S/C25H41N3O4/c1-3-17-13-14-19-21(20(17)23(30)26-2)25(32)28(15-9-4-5-10-16-29)22(19)24(31)27-18-11-7-6-8-12-18/h13-14,17-22,29H,3-12,15-16H2,1-2H3,(H,26,30)(H,27,31)/t17-,19+,20-,21+,22+/m1/s1. The highest BCUT2D eigenvalue weighted by Gasteiger charge is 2.56. The Bertz CT molecular complexity index is 689. The predicted octanol–water partition coefficient (Wildman–Crippen LogP) is 2.39. The Labute approximate surface area is 192 Å². The summed E-state index contributed by atoms with van der Waals surface area (Å²) in [5.41, 5.74) is 0. The first-order valence-corrected chi connectivity index (χ1v) is 12.6. The van der Waals surface area contributed by atoms with Gasteiger partial charge in [-0.3, -0.25) is 14.4 Å². The van der Waals surface area contributed by atoms with Gasteiger partial charge in [0.05, 0.1) is 11.8 Å². The number of rotatable bonds is 10. The van der Waals surface area contributed by atoms with E-state index in [-0.39, 0.29) is 42.2 Å². The number of hydrogen-bond acceptors (Lipinski definition) is 4. The molecule has 0 aromatic heterocycles. The van der Waals surface area contributed by atoms with Crippen molar-refractivity contribution in [1.29, 1.82) is 0 Å². The van der Waals surface area contributed by atoms with Crippen molar-refractivity contribution in [2.45, 2.75) is 83.2 Å². The molecule has 3 N–H and O–H groups in total. The second kappa shape index (κ2) is 11.8. The van der Waals surface area contributed by atoms with Crippen LogP contribution in [-0.4, -0.2) is 60.0 Å². The Morgan fingerprint density at radius 2 is 1.78 bits per heavy atom. The zero-order valence-electron chi connectivity index (χ0n) is 19.7. The fourth-order valence-electron chi connectivity index (χ4n) is 5.93. The quantitative estimate of drug-likeness (QED) is 0.354. The fraction of sp³-hybridized carbons (Fsp3) is 0.800. The van der Waals surface area contributed by atoms with Crippen LogP contribution in [0, 0.1) is 23.7 Å². The summed E-state index contributed by atoms with van der Waals surface area (Å²) in [7, 11) is 1.62. The highest BCUT2D eigenvalue weighted by atomic mass is 16.3. The molecule has 0 aromatic rings.